The van der Waals surface area contributed by atoms with E-state index in [1.807, 2.05) is 12.2 Å². The number of nitrogens with zero attached hydrogens (tertiary/aromatic N) is 1. The molecular formula is C8H11N. The Labute approximate surface area is 56.1 Å². The Morgan fingerprint density at radius 2 is 2.11 bits per heavy atom. The van der Waals surface area contributed by atoms with Crippen LogP contribution in [-0.4, -0.2) is 12.8 Å². The van der Waals surface area contributed by atoms with Gasteiger partial charge in [-0.15, -0.1) is 0 Å². The zero-order chi connectivity index (χ0) is 7.11. The van der Waals surface area contributed by atoms with Crippen LogP contribution in [0.5, 0.6) is 0 Å². The first-order chi connectivity index (χ1) is 4.35. The normalized spacial score (nSPS) is 11.9. The van der Waals surface area contributed by atoms with Gasteiger partial charge in [0, 0.05) is 7.05 Å². The average Bonchev–Trinajstić information content (AvgIpc) is 1.91. The summed E-state index contributed by atoms with van der Waals surface area (Å²) in [6.07, 6.45) is 7.07. The molecule has 0 rings (SSSR count). The first-order valence-electron chi connectivity index (χ1n) is 2.73. The second kappa shape index (κ2) is 5.04. The van der Waals surface area contributed by atoms with Gasteiger partial charge in [-0.2, -0.15) is 0 Å². The summed E-state index contributed by atoms with van der Waals surface area (Å²) in [7, 11) is 1.73. The van der Waals surface area contributed by atoms with Crippen molar-refractivity contribution in [2.24, 2.45) is 4.99 Å². The molecule has 0 aromatic rings. The van der Waals surface area contributed by atoms with Crippen molar-refractivity contribution in [1.29, 1.82) is 0 Å². The zero-order valence-electron chi connectivity index (χ0n) is 5.67. The van der Waals surface area contributed by atoms with Crippen LogP contribution in [0.25, 0.3) is 0 Å². The monoisotopic (exact) mass is 121 g/mol. The largest absolute Gasteiger partial charge is 0.289 e. The highest BCUT2D eigenvalue weighted by atomic mass is 14.7. The minimum Gasteiger partial charge on any atom is -0.289 e. The highest BCUT2D eigenvalue weighted by molar-refractivity contribution is 6.03. The lowest BCUT2D eigenvalue weighted by molar-refractivity contribution is 1.45. The summed E-state index contributed by atoms with van der Waals surface area (Å²) in [4.78, 5) is 3.91. The molecule has 9 heavy (non-hydrogen) atoms. The van der Waals surface area contributed by atoms with Gasteiger partial charge in [0.05, 0.1) is 5.71 Å². The van der Waals surface area contributed by atoms with Gasteiger partial charge in [0.1, 0.15) is 0 Å². The molecule has 0 aliphatic rings. The molecule has 0 radical (unpaired) electrons. The lowest BCUT2D eigenvalue weighted by Gasteiger charge is -1.84. The maximum atomic E-state index is 3.91. The molecule has 48 valence electrons. The maximum absolute atomic E-state index is 3.91. The van der Waals surface area contributed by atoms with E-state index in [1.165, 1.54) is 0 Å². The van der Waals surface area contributed by atoms with Crippen LogP contribution in [0, 0.1) is 0 Å². The Morgan fingerprint density at radius 3 is 2.44 bits per heavy atom. The van der Waals surface area contributed by atoms with Crippen molar-refractivity contribution < 1.29 is 0 Å². The summed E-state index contributed by atoms with van der Waals surface area (Å²) in [5, 5.41) is 0. The molecule has 0 aromatic carbocycles. The molecule has 0 N–H and O–H groups in total. The summed E-state index contributed by atoms with van der Waals surface area (Å²) in [5.41, 5.74) is 0.870. The summed E-state index contributed by atoms with van der Waals surface area (Å²) < 4.78 is 0. The predicted molar refractivity (Wildman–Crippen MR) is 42.9 cm³/mol. The Kier molecular flexibility index (Phi) is 4.41. The van der Waals surface area contributed by atoms with E-state index in [0.717, 1.165) is 5.71 Å². The molecular weight excluding hydrogens is 110 g/mol. The third-order valence-electron chi connectivity index (χ3n) is 0.870. The second-order valence-corrected chi connectivity index (χ2v) is 1.45. The van der Waals surface area contributed by atoms with E-state index in [0.29, 0.717) is 0 Å². The molecule has 0 amide bonds. The SMILES string of the molecule is C=CC=CC(C=C)=NC. The van der Waals surface area contributed by atoms with E-state index in [1.54, 1.807) is 19.2 Å². The number of rotatable bonds is 3. The van der Waals surface area contributed by atoms with Gasteiger partial charge in [0.25, 0.3) is 0 Å². The second-order valence-electron chi connectivity index (χ2n) is 1.45. The van der Waals surface area contributed by atoms with E-state index in [2.05, 4.69) is 18.2 Å². The molecule has 1 nitrogen and oxygen atoms in total. The Balaban J connectivity index is 3.99. The lowest BCUT2D eigenvalue weighted by atomic mass is 10.3. The van der Waals surface area contributed by atoms with Crippen LogP contribution >= 0.6 is 0 Å². The first-order valence-corrected chi connectivity index (χ1v) is 2.73. The highest BCUT2D eigenvalue weighted by Gasteiger charge is 1.77. The average molecular weight is 121 g/mol. The number of allylic oxidation sites excluding steroid dienone is 4. The molecule has 0 fully saturated rings. The fourth-order valence-electron chi connectivity index (χ4n) is 0.400. The molecule has 1 heteroatoms. The third-order valence-corrected chi connectivity index (χ3v) is 0.870. The molecule has 0 aromatic heterocycles. The van der Waals surface area contributed by atoms with Gasteiger partial charge in [-0.3, -0.25) is 4.99 Å². The number of aliphatic imine (C=N–C) groups is 1. The first kappa shape index (κ1) is 7.89. The molecule has 0 unspecified atom stereocenters. The molecule has 0 spiro atoms. The Bertz CT molecular complexity index is 152. The van der Waals surface area contributed by atoms with Crippen molar-refractivity contribution in [2.45, 2.75) is 0 Å². The Hall–Kier alpha value is -1.11. The van der Waals surface area contributed by atoms with Crippen LogP contribution in [0.2, 0.25) is 0 Å². The number of hydrogen-bond acceptors (Lipinski definition) is 1. The summed E-state index contributed by atoms with van der Waals surface area (Å²) in [6.45, 7) is 7.09. The van der Waals surface area contributed by atoms with Gasteiger partial charge in [-0.25, -0.2) is 0 Å². The molecule has 0 aliphatic heterocycles. The number of hydrogen-bond donors (Lipinski definition) is 0. The van der Waals surface area contributed by atoms with Gasteiger partial charge >= 0.3 is 0 Å². The summed E-state index contributed by atoms with van der Waals surface area (Å²) in [5.74, 6) is 0. The van der Waals surface area contributed by atoms with Crippen LogP contribution < -0.4 is 0 Å². The van der Waals surface area contributed by atoms with Gasteiger partial charge in [-0.1, -0.05) is 25.3 Å². The van der Waals surface area contributed by atoms with Crippen molar-refractivity contribution in [3.05, 3.63) is 37.5 Å². The minimum atomic E-state index is 0.870. The van der Waals surface area contributed by atoms with Crippen LogP contribution in [0.4, 0.5) is 0 Å². The predicted octanol–water partition coefficient (Wildman–Crippen LogP) is 1.99. The molecule has 0 aliphatic carbocycles. The van der Waals surface area contributed by atoms with Crippen LogP contribution in [0.1, 0.15) is 0 Å². The van der Waals surface area contributed by atoms with Crippen molar-refractivity contribution in [3.63, 3.8) is 0 Å². The minimum absolute atomic E-state index is 0.870. The van der Waals surface area contributed by atoms with Gasteiger partial charge in [0.2, 0.25) is 0 Å². The van der Waals surface area contributed by atoms with Gasteiger partial charge in [-0.05, 0) is 12.2 Å². The molecule has 0 atom stereocenters. The maximum Gasteiger partial charge on any atom is 0.0564 e. The quantitative estimate of drug-likeness (QED) is 0.400. The summed E-state index contributed by atoms with van der Waals surface area (Å²) in [6, 6.07) is 0. The fourth-order valence-corrected chi connectivity index (χ4v) is 0.400. The van der Waals surface area contributed by atoms with Gasteiger partial charge < -0.3 is 0 Å². The van der Waals surface area contributed by atoms with Crippen LogP contribution in [0.15, 0.2) is 42.5 Å². The van der Waals surface area contributed by atoms with Crippen molar-refractivity contribution >= 4 is 5.71 Å². The molecule has 0 saturated carbocycles. The van der Waals surface area contributed by atoms with Crippen molar-refractivity contribution in [3.8, 4) is 0 Å². The smallest absolute Gasteiger partial charge is 0.0564 e. The fraction of sp³-hybridized carbons (Fsp3) is 0.125. The zero-order valence-corrected chi connectivity index (χ0v) is 5.67. The third kappa shape index (κ3) is 3.47. The highest BCUT2D eigenvalue weighted by Crippen LogP contribution is 1.81. The Morgan fingerprint density at radius 1 is 1.44 bits per heavy atom. The van der Waals surface area contributed by atoms with Crippen LogP contribution in [-0.2, 0) is 0 Å². The van der Waals surface area contributed by atoms with E-state index in [4.69, 9.17) is 0 Å². The van der Waals surface area contributed by atoms with E-state index >= 15 is 0 Å². The molecule has 0 saturated heterocycles. The molecule has 0 heterocycles. The van der Waals surface area contributed by atoms with E-state index < -0.39 is 0 Å². The molecule has 0 bridgehead atoms. The van der Waals surface area contributed by atoms with E-state index in [-0.39, 0.29) is 0 Å². The lowest BCUT2D eigenvalue weighted by Crippen LogP contribution is -1.83. The standard InChI is InChI=1S/C8H11N/c1-4-6-7-8(5-2)9-3/h4-7H,1-2H2,3H3. The van der Waals surface area contributed by atoms with Crippen molar-refractivity contribution in [1.82, 2.24) is 0 Å². The van der Waals surface area contributed by atoms with Crippen molar-refractivity contribution in [2.75, 3.05) is 7.05 Å². The summed E-state index contributed by atoms with van der Waals surface area (Å²) >= 11 is 0. The van der Waals surface area contributed by atoms with E-state index in [9.17, 15) is 0 Å². The van der Waals surface area contributed by atoms with Crippen LogP contribution in [0.3, 0.4) is 0 Å². The van der Waals surface area contributed by atoms with Gasteiger partial charge in [0.15, 0.2) is 0 Å². The topological polar surface area (TPSA) is 12.4 Å².